The summed E-state index contributed by atoms with van der Waals surface area (Å²) in [5.74, 6) is 0.825. The minimum absolute atomic E-state index is 0.406. The van der Waals surface area contributed by atoms with Crippen LogP contribution in [-0.2, 0) is 4.74 Å². The maximum atomic E-state index is 5.90. The van der Waals surface area contributed by atoms with Gasteiger partial charge in [0.1, 0.15) is 0 Å². The molecular weight excluding hydrogens is 254 g/mol. The molecule has 1 saturated carbocycles. The molecule has 1 N–H and O–H groups in total. The van der Waals surface area contributed by atoms with E-state index in [-0.39, 0.29) is 0 Å². The largest absolute Gasteiger partial charge is 0.376 e. The Kier molecular flexibility index (Phi) is 4.15. The van der Waals surface area contributed by atoms with Crippen LogP contribution in [0.1, 0.15) is 37.8 Å². The van der Waals surface area contributed by atoms with E-state index in [1.54, 1.807) is 11.8 Å². The highest BCUT2D eigenvalue weighted by Crippen LogP contribution is 2.39. The SMILES string of the molecule is CSc1ccc(C(C)NC2CCOC2C2CC2)cc1. The van der Waals surface area contributed by atoms with Gasteiger partial charge in [0.2, 0.25) is 0 Å². The lowest BCUT2D eigenvalue weighted by atomic mass is 10.0. The number of nitrogens with one attached hydrogen (secondary N) is 1. The number of thioether (sulfide) groups is 1. The predicted octanol–water partition coefficient (Wildman–Crippen LogP) is 3.63. The van der Waals surface area contributed by atoms with Crippen LogP contribution < -0.4 is 5.32 Å². The molecule has 3 heteroatoms. The molecule has 0 amide bonds. The van der Waals surface area contributed by atoms with Crippen LogP contribution in [-0.4, -0.2) is 25.0 Å². The van der Waals surface area contributed by atoms with Gasteiger partial charge in [-0.15, -0.1) is 11.8 Å². The summed E-state index contributed by atoms with van der Waals surface area (Å²) in [6.45, 7) is 3.19. The van der Waals surface area contributed by atoms with Crippen LogP contribution in [0.4, 0.5) is 0 Å². The Morgan fingerprint density at radius 3 is 2.58 bits per heavy atom. The molecule has 1 aliphatic heterocycles. The van der Waals surface area contributed by atoms with Gasteiger partial charge in [0, 0.05) is 23.6 Å². The first kappa shape index (κ1) is 13.5. The van der Waals surface area contributed by atoms with Crippen molar-refractivity contribution in [3.8, 4) is 0 Å². The Bertz CT molecular complexity index is 415. The highest BCUT2D eigenvalue weighted by molar-refractivity contribution is 7.98. The smallest absolute Gasteiger partial charge is 0.0757 e. The molecule has 0 spiro atoms. The van der Waals surface area contributed by atoms with Crippen molar-refractivity contribution >= 4 is 11.8 Å². The van der Waals surface area contributed by atoms with E-state index in [2.05, 4.69) is 42.8 Å². The quantitative estimate of drug-likeness (QED) is 0.831. The Morgan fingerprint density at radius 2 is 1.95 bits per heavy atom. The molecule has 2 fully saturated rings. The summed E-state index contributed by atoms with van der Waals surface area (Å²) in [6.07, 6.45) is 6.47. The van der Waals surface area contributed by atoms with Crippen molar-refractivity contribution in [2.75, 3.05) is 12.9 Å². The zero-order chi connectivity index (χ0) is 13.2. The Labute approximate surface area is 120 Å². The van der Waals surface area contributed by atoms with E-state index >= 15 is 0 Å². The molecule has 3 atom stereocenters. The van der Waals surface area contributed by atoms with E-state index in [1.165, 1.54) is 23.3 Å². The van der Waals surface area contributed by atoms with E-state index in [4.69, 9.17) is 4.74 Å². The molecule has 3 rings (SSSR count). The van der Waals surface area contributed by atoms with Crippen molar-refractivity contribution in [3.63, 3.8) is 0 Å². The molecule has 1 aromatic carbocycles. The molecule has 1 aliphatic carbocycles. The summed E-state index contributed by atoms with van der Waals surface area (Å²) >= 11 is 1.79. The van der Waals surface area contributed by atoms with Crippen LogP contribution in [0.5, 0.6) is 0 Å². The third-order valence-corrected chi connectivity index (χ3v) is 5.05. The second kappa shape index (κ2) is 5.86. The van der Waals surface area contributed by atoms with Crippen LogP contribution >= 0.6 is 11.8 Å². The van der Waals surface area contributed by atoms with Gasteiger partial charge in [0.25, 0.3) is 0 Å². The second-order valence-corrected chi connectivity index (χ2v) is 6.61. The zero-order valence-corrected chi connectivity index (χ0v) is 12.6. The van der Waals surface area contributed by atoms with E-state index in [9.17, 15) is 0 Å². The van der Waals surface area contributed by atoms with Crippen LogP contribution in [0.25, 0.3) is 0 Å². The van der Waals surface area contributed by atoms with Crippen molar-refractivity contribution in [2.45, 2.75) is 49.3 Å². The van der Waals surface area contributed by atoms with Gasteiger partial charge in [-0.1, -0.05) is 12.1 Å². The maximum absolute atomic E-state index is 5.90. The van der Waals surface area contributed by atoms with Crippen molar-refractivity contribution in [1.29, 1.82) is 0 Å². The number of hydrogen-bond acceptors (Lipinski definition) is 3. The van der Waals surface area contributed by atoms with Gasteiger partial charge in [-0.2, -0.15) is 0 Å². The topological polar surface area (TPSA) is 21.3 Å². The van der Waals surface area contributed by atoms with Gasteiger partial charge >= 0.3 is 0 Å². The first-order valence-electron chi connectivity index (χ1n) is 7.29. The Morgan fingerprint density at radius 1 is 1.21 bits per heavy atom. The van der Waals surface area contributed by atoms with Crippen LogP contribution in [0.2, 0.25) is 0 Å². The number of hydrogen-bond donors (Lipinski definition) is 1. The monoisotopic (exact) mass is 277 g/mol. The van der Waals surface area contributed by atoms with E-state index < -0.39 is 0 Å². The van der Waals surface area contributed by atoms with Crippen LogP contribution in [0, 0.1) is 5.92 Å². The van der Waals surface area contributed by atoms with E-state index in [0.717, 1.165) is 18.9 Å². The van der Waals surface area contributed by atoms with Gasteiger partial charge in [-0.05, 0) is 56.1 Å². The first-order valence-corrected chi connectivity index (χ1v) is 8.52. The summed E-state index contributed by atoms with van der Waals surface area (Å²) in [6, 6.07) is 9.85. The average Bonchev–Trinajstić information content (AvgIpc) is 3.19. The molecule has 2 nitrogen and oxygen atoms in total. The fourth-order valence-corrected chi connectivity index (χ4v) is 3.40. The molecule has 0 aromatic heterocycles. The Hall–Kier alpha value is -0.510. The molecule has 104 valence electrons. The fourth-order valence-electron chi connectivity index (χ4n) is 2.99. The molecule has 1 aromatic rings. The number of ether oxygens (including phenoxy) is 1. The van der Waals surface area contributed by atoms with Gasteiger partial charge < -0.3 is 10.1 Å². The molecule has 0 radical (unpaired) electrons. The molecule has 2 aliphatic rings. The number of benzene rings is 1. The van der Waals surface area contributed by atoms with Crippen molar-refractivity contribution in [2.24, 2.45) is 5.92 Å². The molecule has 0 bridgehead atoms. The summed E-state index contributed by atoms with van der Waals surface area (Å²) in [7, 11) is 0. The molecule has 3 unspecified atom stereocenters. The minimum atomic E-state index is 0.406. The van der Waals surface area contributed by atoms with Gasteiger partial charge in [-0.25, -0.2) is 0 Å². The zero-order valence-electron chi connectivity index (χ0n) is 11.8. The third-order valence-electron chi connectivity index (χ3n) is 4.30. The normalized spacial score (nSPS) is 28.5. The summed E-state index contributed by atoms with van der Waals surface area (Å²) in [5, 5.41) is 3.77. The highest BCUT2D eigenvalue weighted by Gasteiger charge is 2.40. The third kappa shape index (κ3) is 3.15. The lowest BCUT2D eigenvalue weighted by Crippen LogP contribution is -2.39. The maximum Gasteiger partial charge on any atom is 0.0757 e. The van der Waals surface area contributed by atoms with Crippen LogP contribution in [0.15, 0.2) is 29.2 Å². The van der Waals surface area contributed by atoms with Crippen LogP contribution in [0.3, 0.4) is 0 Å². The first-order chi connectivity index (χ1) is 9.28. The Balaban J connectivity index is 1.61. The second-order valence-electron chi connectivity index (χ2n) is 5.73. The fraction of sp³-hybridized carbons (Fsp3) is 0.625. The summed E-state index contributed by atoms with van der Waals surface area (Å²) in [5.41, 5.74) is 1.37. The lowest BCUT2D eigenvalue weighted by Gasteiger charge is -2.24. The summed E-state index contributed by atoms with van der Waals surface area (Å²) < 4.78 is 5.90. The molecule has 1 saturated heterocycles. The highest BCUT2D eigenvalue weighted by atomic mass is 32.2. The molecular formula is C16H23NOS. The molecule has 1 heterocycles. The van der Waals surface area contributed by atoms with Crippen molar-refractivity contribution in [3.05, 3.63) is 29.8 Å². The van der Waals surface area contributed by atoms with E-state index in [1.807, 2.05) is 0 Å². The molecule has 19 heavy (non-hydrogen) atoms. The van der Waals surface area contributed by atoms with E-state index in [0.29, 0.717) is 18.2 Å². The minimum Gasteiger partial charge on any atom is -0.376 e. The summed E-state index contributed by atoms with van der Waals surface area (Å²) in [4.78, 5) is 1.33. The van der Waals surface area contributed by atoms with Gasteiger partial charge in [-0.3, -0.25) is 0 Å². The van der Waals surface area contributed by atoms with Gasteiger partial charge in [0.15, 0.2) is 0 Å². The number of rotatable bonds is 5. The standard InChI is InChI=1S/C16H23NOS/c1-11(12-5-7-14(19-2)8-6-12)17-15-9-10-18-16(15)13-3-4-13/h5-8,11,13,15-17H,3-4,9-10H2,1-2H3. The predicted molar refractivity (Wildman–Crippen MR) is 80.6 cm³/mol. The lowest BCUT2D eigenvalue weighted by molar-refractivity contribution is 0.0793. The van der Waals surface area contributed by atoms with Gasteiger partial charge in [0.05, 0.1) is 6.10 Å². The van der Waals surface area contributed by atoms with Crippen molar-refractivity contribution in [1.82, 2.24) is 5.32 Å². The van der Waals surface area contributed by atoms with Crippen molar-refractivity contribution < 1.29 is 4.74 Å². The average molecular weight is 277 g/mol.